The highest BCUT2D eigenvalue weighted by Crippen LogP contribution is 2.19. The Kier molecular flexibility index (Phi) is 4.08. The van der Waals surface area contributed by atoms with Gasteiger partial charge in [0.05, 0.1) is 5.25 Å². The molecule has 1 atom stereocenters. The Balaban J connectivity index is 2.61. The summed E-state index contributed by atoms with van der Waals surface area (Å²) in [5, 5.41) is 8.01. The summed E-state index contributed by atoms with van der Waals surface area (Å²) in [6, 6.07) is 3.18. The van der Waals surface area contributed by atoms with Crippen molar-refractivity contribution >= 4 is 17.7 Å². The summed E-state index contributed by atoms with van der Waals surface area (Å²) in [4.78, 5) is 10.5. The maximum atomic E-state index is 12.7. The lowest BCUT2D eigenvalue weighted by Crippen LogP contribution is -2.11. The maximum Gasteiger partial charge on any atom is 0.316 e. The van der Waals surface area contributed by atoms with Gasteiger partial charge < -0.3 is 5.11 Å². The summed E-state index contributed by atoms with van der Waals surface area (Å²) in [5.41, 5.74) is 0.450. The molecule has 0 aliphatic rings. The van der Waals surface area contributed by atoms with Crippen molar-refractivity contribution in [1.82, 2.24) is 0 Å². The second-order valence-electron chi connectivity index (χ2n) is 3.07. The van der Waals surface area contributed by atoms with Gasteiger partial charge in [0.15, 0.2) is 0 Å². The average molecular weight is 232 g/mol. The standard InChI is InChI=1S/C10H10F2O2S/c1-6(10(13)14)15-5-7-2-8(11)4-9(12)3-7/h2-4,6H,5H2,1H3,(H,13,14). The predicted molar refractivity (Wildman–Crippen MR) is 54.8 cm³/mol. The Morgan fingerprint density at radius 3 is 2.40 bits per heavy atom. The predicted octanol–water partition coefficient (Wildman–Crippen LogP) is 2.67. The summed E-state index contributed by atoms with van der Waals surface area (Å²) in [6.45, 7) is 1.53. The molecule has 5 heteroatoms. The molecule has 0 heterocycles. The number of benzene rings is 1. The summed E-state index contributed by atoms with van der Waals surface area (Å²) in [5.74, 6) is -1.94. The third-order valence-electron chi connectivity index (χ3n) is 1.77. The van der Waals surface area contributed by atoms with Crippen LogP contribution in [-0.2, 0) is 10.5 Å². The van der Waals surface area contributed by atoms with Gasteiger partial charge in [-0.2, -0.15) is 0 Å². The first-order valence-corrected chi connectivity index (χ1v) is 5.33. The van der Waals surface area contributed by atoms with Crippen LogP contribution in [0.15, 0.2) is 18.2 Å². The van der Waals surface area contributed by atoms with E-state index in [2.05, 4.69) is 0 Å². The van der Waals surface area contributed by atoms with Crippen molar-refractivity contribution in [2.45, 2.75) is 17.9 Å². The van der Waals surface area contributed by atoms with E-state index in [4.69, 9.17) is 5.11 Å². The van der Waals surface area contributed by atoms with Gasteiger partial charge in [-0.3, -0.25) is 4.79 Å². The Morgan fingerprint density at radius 2 is 1.93 bits per heavy atom. The Hall–Kier alpha value is -1.10. The normalized spacial score (nSPS) is 12.5. The molecule has 0 saturated carbocycles. The van der Waals surface area contributed by atoms with Crippen molar-refractivity contribution in [1.29, 1.82) is 0 Å². The summed E-state index contributed by atoms with van der Waals surface area (Å²) >= 11 is 1.12. The fourth-order valence-electron chi connectivity index (χ4n) is 0.987. The van der Waals surface area contributed by atoms with E-state index in [1.807, 2.05) is 0 Å². The van der Waals surface area contributed by atoms with Crippen LogP contribution in [-0.4, -0.2) is 16.3 Å². The molecule has 0 spiro atoms. The van der Waals surface area contributed by atoms with E-state index in [1.165, 1.54) is 19.1 Å². The van der Waals surface area contributed by atoms with Crippen LogP contribution in [0.2, 0.25) is 0 Å². The molecule has 0 aromatic heterocycles. The highest BCUT2D eigenvalue weighted by Gasteiger charge is 2.11. The van der Waals surface area contributed by atoms with Gasteiger partial charge in [0.2, 0.25) is 0 Å². The molecule has 0 radical (unpaired) electrons. The number of thioether (sulfide) groups is 1. The van der Waals surface area contributed by atoms with E-state index in [-0.39, 0.29) is 5.75 Å². The van der Waals surface area contributed by atoms with E-state index in [0.717, 1.165) is 17.8 Å². The van der Waals surface area contributed by atoms with Crippen molar-refractivity contribution in [2.75, 3.05) is 0 Å². The Morgan fingerprint density at radius 1 is 1.40 bits per heavy atom. The van der Waals surface area contributed by atoms with Crippen molar-refractivity contribution in [3.8, 4) is 0 Å². The van der Waals surface area contributed by atoms with Crippen molar-refractivity contribution in [2.24, 2.45) is 0 Å². The van der Waals surface area contributed by atoms with Crippen LogP contribution in [0.1, 0.15) is 12.5 Å². The first kappa shape index (κ1) is 12.0. The molecule has 0 amide bonds. The van der Waals surface area contributed by atoms with Crippen LogP contribution < -0.4 is 0 Å². The second-order valence-corrected chi connectivity index (χ2v) is 4.40. The van der Waals surface area contributed by atoms with E-state index >= 15 is 0 Å². The van der Waals surface area contributed by atoms with Crippen LogP contribution in [0, 0.1) is 11.6 Å². The summed E-state index contributed by atoms with van der Waals surface area (Å²) < 4.78 is 25.5. The van der Waals surface area contributed by atoms with E-state index < -0.39 is 22.9 Å². The van der Waals surface area contributed by atoms with Crippen LogP contribution in [0.4, 0.5) is 8.78 Å². The molecule has 1 rings (SSSR count). The van der Waals surface area contributed by atoms with Crippen LogP contribution in [0.5, 0.6) is 0 Å². The molecule has 0 aliphatic carbocycles. The highest BCUT2D eigenvalue weighted by atomic mass is 32.2. The van der Waals surface area contributed by atoms with Gasteiger partial charge in [-0.1, -0.05) is 0 Å². The van der Waals surface area contributed by atoms with Crippen LogP contribution >= 0.6 is 11.8 Å². The SMILES string of the molecule is CC(SCc1cc(F)cc(F)c1)C(=O)O. The van der Waals surface area contributed by atoms with Gasteiger partial charge in [0, 0.05) is 11.8 Å². The third kappa shape index (κ3) is 3.87. The first-order valence-electron chi connectivity index (χ1n) is 4.28. The number of carboxylic acids is 1. The summed E-state index contributed by atoms with van der Waals surface area (Å²) in [7, 11) is 0. The lowest BCUT2D eigenvalue weighted by atomic mass is 10.2. The topological polar surface area (TPSA) is 37.3 Å². The zero-order chi connectivity index (χ0) is 11.4. The summed E-state index contributed by atoms with van der Waals surface area (Å²) in [6.07, 6.45) is 0. The Bertz CT molecular complexity index is 348. The van der Waals surface area contributed by atoms with Gasteiger partial charge in [0.1, 0.15) is 11.6 Å². The third-order valence-corrected chi connectivity index (χ3v) is 2.97. The molecule has 82 valence electrons. The average Bonchev–Trinajstić information content (AvgIpc) is 2.12. The number of hydrogen-bond acceptors (Lipinski definition) is 2. The molecule has 1 aromatic carbocycles. The van der Waals surface area contributed by atoms with Gasteiger partial charge in [-0.15, -0.1) is 11.8 Å². The van der Waals surface area contributed by atoms with Crippen LogP contribution in [0.3, 0.4) is 0 Å². The minimum Gasteiger partial charge on any atom is -0.480 e. The quantitative estimate of drug-likeness (QED) is 0.867. The number of aliphatic carboxylic acids is 1. The Labute approximate surface area is 90.3 Å². The minimum absolute atomic E-state index is 0.280. The lowest BCUT2D eigenvalue weighted by Gasteiger charge is -2.06. The van der Waals surface area contributed by atoms with E-state index in [0.29, 0.717) is 5.56 Å². The largest absolute Gasteiger partial charge is 0.480 e. The fourth-order valence-corrected chi connectivity index (χ4v) is 1.74. The maximum absolute atomic E-state index is 12.7. The van der Waals surface area contributed by atoms with Gasteiger partial charge >= 0.3 is 5.97 Å². The molecular formula is C10H10F2O2S. The molecule has 1 aromatic rings. The smallest absolute Gasteiger partial charge is 0.316 e. The molecule has 0 fully saturated rings. The minimum atomic E-state index is -0.933. The zero-order valence-corrected chi connectivity index (χ0v) is 8.85. The molecule has 1 unspecified atom stereocenters. The first-order chi connectivity index (χ1) is 6.99. The van der Waals surface area contributed by atoms with E-state index in [1.54, 1.807) is 0 Å². The molecule has 2 nitrogen and oxygen atoms in total. The van der Waals surface area contributed by atoms with Gasteiger partial charge in [0.25, 0.3) is 0 Å². The van der Waals surface area contributed by atoms with Crippen LogP contribution in [0.25, 0.3) is 0 Å². The number of rotatable bonds is 4. The molecule has 0 saturated heterocycles. The number of halogens is 2. The van der Waals surface area contributed by atoms with Crippen molar-refractivity contribution in [3.05, 3.63) is 35.4 Å². The molecule has 15 heavy (non-hydrogen) atoms. The van der Waals surface area contributed by atoms with Crippen molar-refractivity contribution in [3.63, 3.8) is 0 Å². The molecule has 1 N–H and O–H groups in total. The molecule has 0 bridgehead atoms. The highest BCUT2D eigenvalue weighted by molar-refractivity contribution is 7.99. The fraction of sp³-hybridized carbons (Fsp3) is 0.300. The number of carboxylic acid groups (broad SMARTS) is 1. The molecule has 0 aliphatic heterocycles. The number of carbonyl (C=O) groups is 1. The lowest BCUT2D eigenvalue weighted by molar-refractivity contribution is -0.136. The molecular weight excluding hydrogens is 222 g/mol. The second kappa shape index (κ2) is 5.11. The zero-order valence-electron chi connectivity index (χ0n) is 8.04. The van der Waals surface area contributed by atoms with Gasteiger partial charge in [-0.05, 0) is 24.6 Å². The number of hydrogen-bond donors (Lipinski definition) is 1. The monoisotopic (exact) mass is 232 g/mol. The van der Waals surface area contributed by atoms with E-state index in [9.17, 15) is 13.6 Å². The van der Waals surface area contributed by atoms with Gasteiger partial charge in [-0.25, -0.2) is 8.78 Å². The van der Waals surface area contributed by atoms with Crippen molar-refractivity contribution < 1.29 is 18.7 Å².